The number of hydrogen-bond donors (Lipinski definition) is 2. The minimum atomic E-state index is -0.438. The predicted molar refractivity (Wildman–Crippen MR) is 98.1 cm³/mol. The van der Waals surface area contributed by atoms with Crippen LogP contribution in [0.1, 0.15) is 11.1 Å². The molecule has 0 spiro atoms. The van der Waals surface area contributed by atoms with Crippen molar-refractivity contribution in [3.8, 4) is 17.2 Å². The van der Waals surface area contributed by atoms with Gasteiger partial charge in [-0.15, -0.1) is 0 Å². The molecule has 0 heterocycles. The van der Waals surface area contributed by atoms with E-state index < -0.39 is 6.03 Å². The van der Waals surface area contributed by atoms with Crippen molar-refractivity contribution in [2.75, 3.05) is 26.3 Å². The SMILES string of the molecule is COc1cc(NC(=O)NCOc2ccc(C)c(C)c2)c(OC)cc1Cl. The van der Waals surface area contributed by atoms with E-state index in [0.717, 1.165) is 5.56 Å². The van der Waals surface area contributed by atoms with Crippen LogP contribution in [-0.2, 0) is 0 Å². The van der Waals surface area contributed by atoms with Crippen molar-refractivity contribution in [1.29, 1.82) is 0 Å². The molecule has 0 bridgehead atoms. The zero-order chi connectivity index (χ0) is 18.4. The molecule has 6 nitrogen and oxygen atoms in total. The Kier molecular flexibility index (Phi) is 6.36. The molecule has 2 N–H and O–H groups in total. The molecule has 7 heteroatoms. The van der Waals surface area contributed by atoms with Crippen LogP contribution in [0.15, 0.2) is 30.3 Å². The van der Waals surface area contributed by atoms with Crippen molar-refractivity contribution in [3.05, 3.63) is 46.5 Å². The second-order valence-corrected chi connectivity index (χ2v) is 5.76. The fourth-order valence-electron chi connectivity index (χ4n) is 2.11. The zero-order valence-electron chi connectivity index (χ0n) is 14.6. The highest BCUT2D eigenvalue weighted by Crippen LogP contribution is 2.35. The predicted octanol–water partition coefficient (Wildman–Crippen LogP) is 4.13. The van der Waals surface area contributed by atoms with E-state index >= 15 is 0 Å². The van der Waals surface area contributed by atoms with E-state index in [2.05, 4.69) is 10.6 Å². The van der Waals surface area contributed by atoms with Crippen LogP contribution in [0.2, 0.25) is 5.02 Å². The number of anilines is 1. The van der Waals surface area contributed by atoms with Crippen molar-refractivity contribution in [1.82, 2.24) is 5.32 Å². The molecule has 2 amide bonds. The summed E-state index contributed by atoms with van der Waals surface area (Å²) in [6, 6.07) is 8.46. The number of ether oxygens (including phenoxy) is 3. The van der Waals surface area contributed by atoms with Crippen LogP contribution in [0.5, 0.6) is 17.2 Å². The number of benzene rings is 2. The zero-order valence-corrected chi connectivity index (χ0v) is 15.4. The first-order chi connectivity index (χ1) is 11.9. The summed E-state index contributed by atoms with van der Waals surface area (Å²) in [4.78, 5) is 12.0. The maximum Gasteiger partial charge on any atom is 0.321 e. The molecule has 0 aliphatic heterocycles. The van der Waals surface area contributed by atoms with Crippen LogP contribution in [0.4, 0.5) is 10.5 Å². The van der Waals surface area contributed by atoms with Gasteiger partial charge >= 0.3 is 6.03 Å². The molecule has 0 radical (unpaired) electrons. The maximum absolute atomic E-state index is 12.0. The third-order valence-electron chi connectivity index (χ3n) is 3.67. The molecular weight excluding hydrogens is 344 g/mol. The number of nitrogens with one attached hydrogen (secondary N) is 2. The van der Waals surface area contributed by atoms with Gasteiger partial charge in [0.1, 0.15) is 17.2 Å². The number of methoxy groups -OCH3 is 2. The Hall–Kier alpha value is -2.60. The minimum Gasteiger partial charge on any atom is -0.495 e. The Morgan fingerprint density at radius 3 is 2.40 bits per heavy atom. The molecule has 0 unspecified atom stereocenters. The quantitative estimate of drug-likeness (QED) is 0.756. The van der Waals surface area contributed by atoms with Crippen LogP contribution in [-0.4, -0.2) is 27.0 Å². The molecule has 2 rings (SSSR count). The summed E-state index contributed by atoms with van der Waals surface area (Å²) in [5, 5.41) is 5.68. The van der Waals surface area contributed by atoms with Crippen molar-refractivity contribution >= 4 is 23.3 Å². The van der Waals surface area contributed by atoms with Gasteiger partial charge in [-0.3, -0.25) is 0 Å². The average Bonchev–Trinajstić information content (AvgIpc) is 2.59. The average molecular weight is 365 g/mol. The first kappa shape index (κ1) is 18.7. The number of carbonyl (C=O) groups is 1. The molecule has 134 valence electrons. The van der Waals surface area contributed by atoms with Crippen LogP contribution in [0.25, 0.3) is 0 Å². The summed E-state index contributed by atoms with van der Waals surface area (Å²) in [6.45, 7) is 4.06. The summed E-state index contributed by atoms with van der Waals surface area (Å²) >= 11 is 6.04. The number of amides is 2. The second-order valence-electron chi connectivity index (χ2n) is 5.35. The standard InChI is InChI=1S/C18H21ClN2O4/c1-11-5-6-13(7-12(11)2)25-10-20-18(22)21-15-9-16(23-3)14(19)8-17(15)24-4/h5-9H,10H2,1-4H3,(H2,20,21,22). The van der Waals surface area contributed by atoms with Gasteiger partial charge in [-0.2, -0.15) is 0 Å². The lowest BCUT2D eigenvalue weighted by molar-refractivity contribution is 0.234. The Morgan fingerprint density at radius 1 is 1.04 bits per heavy atom. The Labute approximate surface area is 152 Å². The topological polar surface area (TPSA) is 68.8 Å². The van der Waals surface area contributed by atoms with E-state index in [1.165, 1.54) is 19.8 Å². The van der Waals surface area contributed by atoms with E-state index in [4.69, 9.17) is 25.8 Å². The molecule has 0 atom stereocenters. The van der Waals surface area contributed by atoms with E-state index in [1.54, 1.807) is 12.1 Å². The van der Waals surface area contributed by atoms with Crippen molar-refractivity contribution in [2.45, 2.75) is 13.8 Å². The van der Waals surface area contributed by atoms with Gasteiger partial charge < -0.3 is 24.8 Å². The number of hydrogen-bond acceptors (Lipinski definition) is 4. The fraction of sp³-hybridized carbons (Fsp3) is 0.278. The summed E-state index contributed by atoms with van der Waals surface area (Å²) < 4.78 is 15.9. The highest BCUT2D eigenvalue weighted by atomic mass is 35.5. The van der Waals surface area contributed by atoms with Gasteiger partial charge in [0.15, 0.2) is 6.73 Å². The van der Waals surface area contributed by atoms with E-state index in [1.807, 2.05) is 32.0 Å². The monoisotopic (exact) mass is 364 g/mol. The highest BCUT2D eigenvalue weighted by molar-refractivity contribution is 6.32. The van der Waals surface area contributed by atoms with Gasteiger partial charge in [-0.05, 0) is 37.1 Å². The third kappa shape index (κ3) is 4.93. The molecule has 0 aliphatic rings. The van der Waals surface area contributed by atoms with Crippen molar-refractivity contribution in [3.63, 3.8) is 0 Å². The molecular formula is C18H21ClN2O4. The molecule has 0 aliphatic carbocycles. The molecule has 2 aromatic rings. The lowest BCUT2D eigenvalue weighted by atomic mass is 10.1. The van der Waals surface area contributed by atoms with Gasteiger partial charge in [0, 0.05) is 12.1 Å². The van der Waals surface area contributed by atoms with Gasteiger partial charge in [0.05, 0.1) is 24.9 Å². The fourth-order valence-corrected chi connectivity index (χ4v) is 2.34. The highest BCUT2D eigenvalue weighted by Gasteiger charge is 2.12. The molecule has 0 aromatic heterocycles. The van der Waals surface area contributed by atoms with Gasteiger partial charge in [-0.1, -0.05) is 17.7 Å². The van der Waals surface area contributed by atoms with Gasteiger partial charge in [0.2, 0.25) is 0 Å². The number of urea groups is 1. The van der Waals surface area contributed by atoms with Crippen LogP contribution < -0.4 is 24.8 Å². The maximum atomic E-state index is 12.0. The second kappa shape index (κ2) is 8.48. The minimum absolute atomic E-state index is 0.0291. The molecule has 2 aromatic carbocycles. The lowest BCUT2D eigenvalue weighted by Gasteiger charge is -2.14. The number of carbonyl (C=O) groups excluding carboxylic acids is 1. The van der Waals surface area contributed by atoms with Gasteiger partial charge in [-0.25, -0.2) is 4.79 Å². The third-order valence-corrected chi connectivity index (χ3v) is 3.97. The smallest absolute Gasteiger partial charge is 0.321 e. The van der Waals surface area contributed by atoms with Crippen LogP contribution in [0.3, 0.4) is 0 Å². The van der Waals surface area contributed by atoms with Crippen LogP contribution in [0, 0.1) is 13.8 Å². The molecule has 0 fully saturated rings. The Bertz CT molecular complexity index is 765. The van der Waals surface area contributed by atoms with E-state index in [9.17, 15) is 4.79 Å². The first-order valence-electron chi connectivity index (χ1n) is 7.61. The number of rotatable bonds is 6. The largest absolute Gasteiger partial charge is 0.495 e. The van der Waals surface area contributed by atoms with Crippen LogP contribution >= 0.6 is 11.6 Å². The molecule has 0 saturated carbocycles. The Morgan fingerprint density at radius 2 is 1.76 bits per heavy atom. The van der Waals surface area contributed by atoms with E-state index in [-0.39, 0.29) is 6.73 Å². The van der Waals surface area contributed by atoms with Crippen molar-refractivity contribution < 1.29 is 19.0 Å². The summed E-state index contributed by atoms with van der Waals surface area (Å²) in [7, 11) is 2.99. The summed E-state index contributed by atoms with van der Waals surface area (Å²) in [5.74, 6) is 1.55. The summed E-state index contributed by atoms with van der Waals surface area (Å²) in [6.07, 6.45) is 0. The van der Waals surface area contributed by atoms with E-state index in [0.29, 0.717) is 28.0 Å². The van der Waals surface area contributed by atoms with Crippen molar-refractivity contribution in [2.24, 2.45) is 0 Å². The molecule has 25 heavy (non-hydrogen) atoms. The number of halogens is 1. The number of aryl methyl sites for hydroxylation is 2. The van der Waals surface area contributed by atoms with Gasteiger partial charge in [0.25, 0.3) is 0 Å². The first-order valence-corrected chi connectivity index (χ1v) is 7.98. The lowest BCUT2D eigenvalue weighted by Crippen LogP contribution is -2.32. The molecule has 0 saturated heterocycles. The summed E-state index contributed by atoms with van der Waals surface area (Å²) in [5.41, 5.74) is 2.74. The Balaban J connectivity index is 1.94. The normalized spacial score (nSPS) is 10.1.